The smallest absolute Gasteiger partial charge is 0.222 e. The average Bonchev–Trinajstić information content (AvgIpc) is 2.92. The molecule has 35 heavy (non-hydrogen) atoms. The van der Waals surface area contributed by atoms with E-state index in [1.54, 1.807) is 0 Å². The molecule has 1 heterocycles. The molecule has 1 unspecified atom stereocenters. The second kappa shape index (κ2) is 13.8. The van der Waals surface area contributed by atoms with Crippen LogP contribution in [-0.4, -0.2) is 24.7 Å². The third-order valence-electron chi connectivity index (χ3n) is 5.65. The molecule has 1 N–H and O–H groups in total. The molecule has 0 spiro atoms. The van der Waals surface area contributed by atoms with E-state index in [0.29, 0.717) is 26.2 Å². The Morgan fingerprint density at radius 1 is 0.771 bits per heavy atom. The molecule has 0 amide bonds. The third kappa shape index (κ3) is 8.02. The number of nitrogens with one attached hydrogen (secondary N) is 1. The van der Waals surface area contributed by atoms with Gasteiger partial charge in [0.1, 0.15) is 18.9 Å². The highest BCUT2D eigenvalue weighted by atomic mass is 17.2. The van der Waals surface area contributed by atoms with Crippen molar-refractivity contribution in [2.45, 2.75) is 57.9 Å². The molecule has 0 aliphatic carbocycles. The summed E-state index contributed by atoms with van der Waals surface area (Å²) >= 11 is 0. The van der Waals surface area contributed by atoms with Crippen LogP contribution in [0, 0.1) is 0 Å². The lowest BCUT2D eigenvalue weighted by molar-refractivity contribution is -0.428. The van der Waals surface area contributed by atoms with E-state index in [1.807, 2.05) is 110 Å². The van der Waals surface area contributed by atoms with Crippen molar-refractivity contribution in [1.82, 2.24) is 5.32 Å². The van der Waals surface area contributed by atoms with E-state index < -0.39 is 12.4 Å². The van der Waals surface area contributed by atoms with E-state index in [-0.39, 0.29) is 12.3 Å². The summed E-state index contributed by atoms with van der Waals surface area (Å²) in [6, 6.07) is 30.0. The minimum atomic E-state index is -0.778. The third-order valence-corrected chi connectivity index (χ3v) is 5.65. The lowest BCUT2D eigenvalue weighted by Crippen LogP contribution is -2.54. The molecule has 0 aromatic heterocycles. The van der Waals surface area contributed by atoms with Gasteiger partial charge < -0.3 is 19.5 Å². The van der Waals surface area contributed by atoms with Crippen molar-refractivity contribution < 1.29 is 24.0 Å². The van der Waals surface area contributed by atoms with Gasteiger partial charge in [0, 0.05) is 6.42 Å². The van der Waals surface area contributed by atoms with Crippen molar-refractivity contribution in [3.05, 3.63) is 120 Å². The van der Waals surface area contributed by atoms with Crippen LogP contribution in [-0.2, 0) is 43.8 Å². The van der Waals surface area contributed by atoms with Crippen LogP contribution < -0.4 is 5.32 Å². The highest BCUT2D eigenvalue weighted by molar-refractivity contribution is 5.15. The molecule has 3 aromatic rings. The maximum Gasteiger partial charge on any atom is 0.222 e. The summed E-state index contributed by atoms with van der Waals surface area (Å²) in [5.41, 5.74) is 3.16. The Bertz CT molecular complexity index is 999. The van der Waals surface area contributed by atoms with Crippen LogP contribution in [0.25, 0.3) is 0 Å². The largest absolute Gasteiger partial charge is 0.370 e. The summed E-state index contributed by atoms with van der Waals surface area (Å²) in [7, 11) is 0. The van der Waals surface area contributed by atoms with Gasteiger partial charge in [0.15, 0.2) is 0 Å². The molecule has 0 radical (unpaired) electrons. The zero-order valence-electron chi connectivity index (χ0n) is 20.0. The van der Waals surface area contributed by atoms with Crippen molar-refractivity contribution in [1.29, 1.82) is 0 Å². The van der Waals surface area contributed by atoms with Gasteiger partial charge >= 0.3 is 0 Å². The molecule has 4 atom stereocenters. The summed E-state index contributed by atoms with van der Waals surface area (Å²) in [4.78, 5) is 11.4. The first-order valence-corrected chi connectivity index (χ1v) is 12.0. The van der Waals surface area contributed by atoms with Crippen molar-refractivity contribution in [2.24, 2.45) is 0 Å². The summed E-state index contributed by atoms with van der Waals surface area (Å²) in [5, 5.41) is 3.26. The standard InChI is InChI=1S/C29H33NO5/c1-2-18-30-27-19-26(31-20-23-12-6-3-7-13-23)28(32-21-24-14-8-4-9-15-24)29(34-27)35-33-22-25-16-10-5-11-17-25/h2-18,26-30H,19-22H2,1H3/b18-2+/t26-,27?,28+,29-/m1/s1. The quantitative estimate of drug-likeness (QED) is 0.276. The fourth-order valence-electron chi connectivity index (χ4n) is 3.84. The van der Waals surface area contributed by atoms with Crippen LogP contribution in [0.3, 0.4) is 0 Å². The minimum Gasteiger partial charge on any atom is -0.370 e. The zero-order valence-corrected chi connectivity index (χ0v) is 20.0. The Kier molecular flexibility index (Phi) is 9.88. The molecule has 1 fully saturated rings. The SMILES string of the molecule is C/C=C/NC1C[C@@H](OCc2ccccc2)[C@H](OCc2ccccc2)[C@@H](OOCc2ccccc2)O1. The summed E-state index contributed by atoms with van der Waals surface area (Å²) in [6.45, 7) is 3.12. The highest BCUT2D eigenvalue weighted by Gasteiger charge is 2.42. The molecule has 6 nitrogen and oxygen atoms in total. The van der Waals surface area contributed by atoms with Crippen molar-refractivity contribution in [3.8, 4) is 0 Å². The number of hydrogen-bond acceptors (Lipinski definition) is 6. The topological polar surface area (TPSA) is 58.2 Å². The van der Waals surface area contributed by atoms with Crippen molar-refractivity contribution >= 4 is 0 Å². The summed E-state index contributed by atoms with van der Waals surface area (Å²) < 4.78 is 18.9. The second-order valence-electron chi connectivity index (χ2n) is 8.34. The fourth-order valence-corrected chi connectivity index (χ4v) is 3.84. The van der Waals surface area contributed by atoms with Crippen LogP contribution in [0.4, 0.5) is 0 Å². The normalized spacial score (nSPS) is 22.3. The first-order chi connectivity index (χ1) is 17.3. The molecule has 1 aliphatic rings. The maximum absolute atomic E-state index is 6.37. The van der Waals surface area contributed by atoms with E-state index in [9.17, 15) is 0 Å². The van der Waals surface area contributed by atoms with Gasteiger partial charge in [0.05, 0.1) is 19.3 Å². The molecule has 4 rings (SSSR count). The number of ether oxygens (including phenoxy) is 3. The predicted octanol–water partition coefficient (Wildman–Crippen LogP) is 5.50. The minimum absolute atomic E-state index is 0.277. The van der Waals surface area contributed by atoms with Gasteiger partial charge in [-0.1, -0.05) is 97.1 Å². The number of allylic oxidation sites excluding steroid dienone is 1. The molecule has 0 saturated carbocycles. The Morgan fingerprint density at radius 3 is 1.89 bits per heavy atom. The van der Waals surface area contributed by atoms with Crippen LogP contribution in [0.1, 0.15) is 30.0 Å². The Labute approximate surface area is 207 Å². The lowest BCUT2D eigenvalue weighted by Gasteiger charge is -2.40. The van der Waals surface area contributed by atoms with Crippen LogP contribution >= 0.6 is 0 Å². The summed E-state index contributed by atoms with van der Waals surface area (Å²) in [6.07, 6.45) is 2.51. The average molecular weight is 476 g/mol. The number of hydrogen-bond donors (Lipinski definition) is 1. The Balaban J connectivity index is 1.47. The van der Waals surface area contributed by atoms with Gasteiger partial charge in [-0.15, -0.1) is 0 Å². The monoisotopic (exact) mass is 475 g/mol. The van der Waals surface area contributed by atoms with E-state index in [1.165, 1.54) is 0 Å². The van der Waals surface area contributed by atoms with E-state index >= 15 is 0 Å². The van der Waals surface area contributed by atoms with E-state index in [2.05, 4.69) is 5.32 Å². The maximum atomic E-state index is 6.37. The zero-order chi connectivity index (χ0) is 24.1. The molecule has 1 saturated heterocycles. The van der Waals surface area contributed by atoms with E-state index in [4.69, 9.17) is 24.0 Å². The van der Waals surface area contributed by atoms with Gasteiger partial charge in [-0.2, -0.15) is 0 Å². The van der Waals surface area contributed by atoms with Gasteiger partial charge in [-0.25, -0.2) is 9.78 Å². The highest BCUT2D eigenvalue weighted by Crippen LogP contribution is 2.27. The number of benzene rings is 3. The van der Waals surface area contributed by atoms with E-state index in [0.717, 1.165) is 16.7 Å². The predicted molar refractivity (Wildman–Crippen MR) is 134 cm³/mol. The van der Waals surface area contributed by atoms with Gasteiger partial charge in [-0.05, 0) is 29.8 Å². The van der Waals surface area contributed by atoms with Crippen LogP contribution in [0.5, 0.6) is 0 Å². The van der Waals surface area contributed by atoms with Crippen molar-refractivity contribution in [3.63, 3.8) is 0 Å². The molecular formula is C29H33NO5. The second-order valence-corrected chi connectivity index (χ2v) is 8.34. The van der Waals surface area contributed by atoms with Gasteiger partial charge in [0.25, 0.3) is 0 Å². The molecule has 1 aliphatic heterocycles. The van der Waals surface area contributed by atoms with Gasteiger partial charge in [0.2, 0.25) is 6.29 Å². The molecule has 184 valence electrons. The first kappa shape index (κ1) is 25.1. The van der Waals surface area contributed by atoms with Crippen LogP contribution in [0.15, 0.2) is 103 Å². The molecule has 6 heteroatoms. The van der Waals surface area contributed by atoms with Crippen LogP contribution in [0.2, 0.25) is 0 Å². The fraction of sp³-hybridized carbons (Fsp3) is 0.310. The number of rotatable bonds is 12. The Hall–Kier alpha value is -3.00. The Morgan fingerprint density at radius 2 is 1.31 bits per heavy atom. The molecular weight excluding hydrogens is 442 g/mol. The summed E-state index contributed by atoms with van der Waals surface area (Å²) in [5.74, 6) is 0. The molecule has 0 bridgehead atoms. The van der Waals surface area contributed by atoms with Gasteiger partial charge in [-0.3, -0.25) is 0 Å². The van der Waals surface area contributed by atoms with Crippen molar-refractivity contribution in [2.75, 3.05) is 0 Å². The molecule has 3 aromatic carbocycles. The lowest BCUT2D eigenvalue weighted by atomic mass is 10.0. The first-order valence-electron chi connectivity index (χ1n) is 12.0.